The third-order valence-corrected chi connectivity index (χ3v) is 6.27. The molecule has 2 aliphatic rings. The summed E-state index contributed by atoms with van der Waals surface area (Å²) in [5.74, 6) is 0.874. The van der Waals surface area contributed by atoms with Crippen molar-refractivity contribution in [2.24, 2.45) is 17.1 Å². The largest absolute Gasteiger partial charge is 0.389 e. The summed E-state index contributed by atoms with van der Waals surface area (Å²) in [5.41, 5.74) is 5.66. The Morgan fingerprint density at radius 2 is 1.70 bits per heavy atom. The lowest BCUT2D eigenvalue weighted by Crippen LogP contribution is -2.59. The smallest absolute Gasteiger partial charge is 0.0740 e. The molecule has 0 bridgehead atoms. The molecule has 0 spiro atoms. The van der Waals surface area contributed by atoms with Crippen molar-refractivity contribution in [3.8, 4) is 0 Å². The van der Waals surface area contributed by atoms with Gasteiger partial charge >= 0.3 is 0 Å². The predicted octanol–water partition coefficient (Wildman–Crippen LogP) is 2.77. The standard InChI is InChI=1S/C17H34N2O/c1-3-5-15-6-8-16(14-18,9-7-15)17(20)10-12-19(4-2)13-11-17/h15,20H,3-14,18H2,1-2H3. The van der Waals surface area contributed by atoms with Crippen LogP contribution in [0.4, 0.5) is 0 Å². The summed E-state index contributed by atoms with van der Waals surface area (Å²) < 4.78 is 0. The monoisotopic (exact) mass is 282 g/mol. The maximum atomic E-state index is 11.3. The highest BCUT2D eigenvalue weighted by Gasteiger charge is 2.51. The molecule has 0 aromatic carbocycles. The van der Waals surface area contributed by atoms with Crippen LogP contribution in [0.15, 0.2) is 0 Å². The Bertz CT molecular complexity index is 289. The minimum absolute atomic E-state index is 0.00290. The van der Waals surface area contributed by atoms with E-state index in [1.54, 1.807) is 0 Å². The van der Waals surface area contributed by atoms with Gasteiger partial charge in [-0.05, 0) is 51.0 Å². The van der Waals surface area contributed by atoms with E-state index in [1.807, 2.05) is 0 Å². The normalized spacial score (nSPS) is 35.1. The molecule has 0 aromatic rings. The van der Waals surface area contributed by atoms with E-state index in [0.29, 0.717) is 6.54 Å². The van der Waals surface area contributed by atoms with Gasteiger partial charge in [-0.15, -0.1) is 0 Å². The fourth-order valence-electron chi connectivity index (χ4n) is 4.56. The summed E-state index contributed by atoms with van der Waals surface area (Å²) in [7, 11) is 0. The Morgan fingerprint density at radius 1 is 1.10 bits per heavy atom. The Labute approximate surface area is 124 Å². The molecule has 0 unspecified atom stereocenters. The maximum Gasteiger partial charge on any atom is 0.0740 e. The van der Waals surface area contributed by atoms with Crippen molar-refractivity contribution in [3.63, 3.8) is 0 Å². The van der Waals surface area contributed by atoms with Gasteiger partial charge in [0.05, 0.1) is 5.60 Å². The van der Waals surface area contributed by atoms with E-state index < -0.39 is 5.60 Å². The van der Waals surface area contributed by atoms with Crippen LogP contribution in [0.3, 0.4) is 0 Å². The van der Waals surface area contributed by atoms with Gasteiger partial charge in [0, 0.05) is 25.0 Å². The third kappa shape index (κ3) is 3.05. The first-order valence-corrected chi connectivity index (χ1v) is 8.74. The molecule has 3 nitrogen and oxygen atoms in total. The molecular formula is C17H34N2O. The lowest BCUT2D eigenvalue weighted by molar-refractivity contribution is -0.136. The number of aliphatic hydroxyl groups is 1. The van der Waals surface area contributed by atoms with E-state index in [-0.39, 0.29) is 5.41 Å². The van der Waals surface area contributed by atoms with Crippen molar-refractivity contribution < 1.29 is 5.11 Å². The van der Waals surface area contributed by atoms with Gasteiger partial charge in [-0.1, -0.05) is 26.7 Å². The van der Waals surface area contributed by atoms with Crippen LogP contribution in [0.1, 0.15) is 65.2 Å². The molecule has 1 heterocycles. The van der Waals surface area contributed by atoms with Gasteiger partial charge in [0.2, 0.25) is 0 Å². The summed E-state index contributed by atoms with van der Waals surface area (Å²) in [6.45, 7) is 8.32. The highest BCUT2D eigenvalue weighted by Crippen LogP contribution is 2.50. The lowest BCUT2D eigenvalue weighted by Gasteiger charge is -2.53. The van der Waals surface area contributed by atoms with E-state index in [4.69, 9.17) is 5.73 Å². The van der Waals surface area contributed by atoms with Gasteiger partial charge in [0.25, 0.3) is 0 Å². The molecule has 2 fully saturated rings. The van der Waals surface area contributed by atoms with Gasteiger partial charge in [-0.25, -0.2) is 0 Å². The highest BCUT2D eigenvalue weighted by atomic mass is 16.3. The van der Waals surface area contributed by atoms with Gasteiger partial charge in [0.1, 0.15) is 0 Å². The third-order valence-electron chi connectivity index (χ3n) is 6.27. The van der Waals surface area contributed by atoms with Crippen LogP contribution in [0.5, 0.6) is 0 Å². The Hall–Kier alpha value is -0.120. The average molecular weight is 282 g/mol. The number of nitrogens with zero attached hydrogens (tertiary/aromatic N) is 1. The Balaban J connectivity index is 2.01. The van der Waals surface area contributed by atoms with Crippen molar-refractivity contribution >= 4 is 0 Å². The van der Waals surface area contributed by atoms with Crippen LogP contribution in [-0.2, 0) is 0 Å². The molecule has 20 heavy (non-hydrogen) atoms. The number of likely N-dealkylation sites (tertiary alicyclic amines) is 1. The van der Waals surface area contributed by atoms with Gasteiger partial charge in [-0.2, -0.15) is 0 Å². The topological polar surface area (TPSA) is 49.5 Å². The zero-order chi connectivity index (χ0) is 14.6. The number of rotatable bonds is 5. The molecule has 0 radical (unpaired) electrons. The Morgan fingerprint density at radius 3 is 2.15 bits per heavy atom. The van der Waals surface area contributed by atoms with E-state index in [1.165, 1.54) is 25.7 Å². The van der Waals surface area contributed by atoms with E-state index >= 15 is 0 Å². The molecule has 0 amide bonds. The van der Waals surface area contributed by atoms with Crippen LogP contribution in [0, 0.1) is 11.3 Å². The molecule has 118 valence electrons. The molecule has 1 aliphatic carbocycles. The summed E-state index contributed by atoms with van der Waals surface area (Å²) in [4.78, 5) is 2.45. The number of piperidine rings is 1. The highest BCUT2D eigenvalue weighted by molar-refractivity contribution is 5.04. The molecule has 1 saturated heterocycles. The van der Waals surface area contributed by atoms with Gasteiger partial charge < -0.3 is 15.7 Å². The summed E-state index contributed by atoms with van der Waals surface area (Å²) in [6, 6.07) is 0. The van der Waals surface area contributed by atoms with E-state index in [0.717, 1.165) is 51.2 Å². The molecular weight excluding hydrogens is 248 g/mol. The minimum atomic E-state index is -0.509. The fraction of sp³-hybridized carbons (Fsp3) is 1.00. The predicted molar refractivity (Wildman–Crippen MR) is 84.7 cm³/mol. The number of hydrogen-bond acceptors (Lipinski definition) is 3. The lowest BCUT2D eigenvalue weighted by atomic mass is 9.58. The number of nitrogens with two attached hydrogens (primary N) is 1. The second kappa shape index (κ2) is 6.76. The second-order valence-corrected chi connectivity index (χ2v) is 7.18. The summed E-state index contributed by atoms with van der Waals surface area (Å²) in [5, 5.41) is 11.3. The second-order valence-electron chi connectivity index (χ2n) is 7.18. The first-order chi connectivity index (χ1) is 9.59. The van der Waals surface area contributed by atoms with Crippen molar-refractivity contribution in [2.75, 3.05) is 26.2 Å². The zero-order valence-corrected chi connectivity index (χ0v) is 13.5. The molecule has 0 atom stereocenters. The van der Waals surface area contributed by atoms with E-state index in [2.05, 4.69) is 18.7 Å². The quantitative estimate of drug-likeness (QED) is 0.815. The fourth-order valence-corrected chi connectivity index (χ4v) is 4.56. The van der Waals surface area contributed by atoms with Crippen molar-refractivity contribution in [2.45, 2.75) is 70.8 Å². The first kappa shape index (κ1) is 16.3. The minimum Gasteiger partial charge on any atom is -0.389 e. The van der Waals surface area contributed by atoms with Crippen LogP contribution < -0.4 is 5.73 Å². The van der Waals surface area contributed by atoms with Crippen LogP contribution in [0.25, 0.3) is 0 Å². The van der Waals surface area contributed by atoms with Crippen LogP contribution in [0.2, 0.25) is 0 Å². The summed E-state index contributed by atoms with van der Waals surface area (Å²) in [6.07, 6.45) is 9.27. The van der Waals surface area contributed by atoms with Crippen LogP contribution >= 0.6 is 0 Å². The number of hydrogen-bond donors (Lipinski definition) is 2. The molecule has 1 saturated carbocycles. The van der Waals surface area contributed by atoms with Gasteiger partial charge in [0.15, 0.2) is 0 Å². The molecule has 2 rings (SSSR count). The van der Waals surface area contributed by atoms with Gasteiger partial charge in [-0.3, -0.25) is 0 Å². The maximum absolute atomic E-state index is 11.3. The van der Waals surface area contributed by atoms with Crippen molar-refractivity contribution in [1.82, 2.24) is 4.90 Å². The first-order valence-electron chi connectivity index (χ1n) is 8.74. The molecule has 3 N–H and O–H groups in total. The van der Waals surface area contributed by atoms with Crippen LogP contribution in [-0.4, -0.2) is 41.8 Å². The Kier molecular flexibility index (Phi) is 5.49. The summed E-state index contributed by atoms with van der Waals surface area (Å²) >= 11 is 0. The van der Waals surface area contributed by atoms with Crippen molar-refractivity contribution in [1.29, 1.82) is 0 Å². The van der Waals surface area contributed by atoms with E-state index in [9.17, 15) is 5.11 Å². The SMILES string of the molecule is CCCC1CCC(CN)(C2(O)CCN(CC)CC2)CC1. The molecule has 0 aromatic heterocycles. The molecule has 1 aliphatic heterocycles. The van der Waals surface area contributed by atoms with Crippen molar-refractivity contribution in [3.05, 3.63) is 0 Å². The molecule has 3 heteroatoms. The average Bonchev–Trinajstić information content (AvgIpc) is 2.49. The zero-order valence-electron chi connectivity index (χ0n) is 13.5.